The highest BCUT2D eigenvalue weighted by molar-refractivity contribution is 6.30. The minimum atomic E-state index is 0.154. The summed E-state index contributed by atoms with van der Waals surface area (Å²) in [7, 11) is 0. The zero-order chi connectivity index (χ0) is 18.8. The fraction of sp³-hybridized carbons (Fsp3) is 0.682. The molecule has 1 amide bonds. The number of likely N-dealkylation sites (tertiary alicyclic amines) is 1. The third-order valence-electron chi connectivity index (χ3n) is 6.93. The van der Waals surface area contributed by atoms with E-state index in [0.717, 1.165) is 31.4 Å². The first-order valence-electron chi connectivity index (χ1n) is 10.6. The van der Waals surface area contributed by atoms with Gasteiger partial charge in [0.25, 0.3) is 5.91 Å². The molecule has 3 saturated heterocycles. The van der Waals surface area contributed by atoms with Crippen LogP contribution in [0, 0.1) is 11.8 Å². The molecular weight excluding hydrogens is 360 g/mol. The average molecular weight is 391 g/mol. The van der Waals surface area contributed by atoms with Crippen molar-refractivity contribution in [2.45, 2.75) is 57.0 Å². The lowest BCUT2D eigenvalue weighted by Gasteiger charge is -2.57. The van der Waals surface area contributed by atoms with Crippen LogP contribution < -0.4 is 0 Å². The predicted octanol–water partition coefficient (Wildman–Crippen LogP) is 3.82. The first-order valence-corrected chi connectivity index (χ1v) is 11.0. The summed E-state index contributed by atoms with van der Waals surface area (Å²) in [5.41, 5.74) is 0.744. The van der Waals surface area contributed by atoms with Crippen LogP contribution in [0.3, 0.4) is 0 Å². The van der Waals surface area contributed by atoms with Crippen molar-refractivity contribution in [2.75, 3.05) is 26.2 Å². The summed E-state index contributed by atoms with van der Waals surface area (Å²) < 4.78 is 0. The minimum absolute atomic E-state index is 0.154. The monoisotopic (exact) mass is 390 g/mol. The molecule has 0 aromatic heterocycles. The first-order chi connectivity index (χ1) is 13.2. The number of aliphatic hydroxyl groups excluding tert-OH is 1. The molecule has 0 unspecified atom stereocenters. The maximum absolute atomic E-state index is 13.4. The van der Waals surface area contributed by atoms with Crippen molar-refractivity contribution in [2.24, 2.45) is 11.8 Å². The largest absolute Gasteiger partial charge is 0.396 e. The molecule has 3 fully saturated rings. The summed E-state index contributed by atoms with van der Waals surface area (Å²) in [5, 5.41) is 9.90. The minimum Gasteiger partial charge on any atom is -0.396 e. The molecule has 4 nitrogen and oxygen atoms in total. The van der Waals surface area contributed by atoms with E-state index in [-0.39, 0.29) is 12.5 Å². The van der Waals surface area contributed by atoms with Gasteiger partial charge in [0.1, 0.15) is 0 Å². The first kappa shape index (κ1) is 19.2. The topological polar surface area (TPSA) is 43.8 Å². The summed E-state index contributed by atoms with van der Waals surface area (Å²) in [4.78, 5) is 18.3. The van der Waals surface area contributed by atoms with Crippen molar-refractivity contribution in [3.05, 3.63) is 34.9 Å². The van der Waals surface area contributed by atoms with E-state index in [9.17, 15) is 9.90 Å². The third kappa shape index (κ3) is 3.90. The van der Waals surface area contributed by atoms with Crippen LogP contribution in [0.2, 0.25) is 5.02 Å². The number of nitrogens with zero attached hydrogens (tertiary/aromatic N) is 2. The van der Waals surface area contributed by atoms with Crippen LogP contribution in [0.1, 0.15) is 55.3 Å². The Morgan fingerprint density at radius 2 is 1.85 bits per heavy atom. The Morgan fingerprint density at radius 3 is 2.59 bits per heavy atom. The van der Waals surface area contributed by atoms with Gasteiger partial charge >= 0.3 is 0 Å². The van der Waals surface area contributed by atoms with Crippen molar-refractivity contribution in [1.82, 2.24) is 9.80 Å². The van der Waals surface area contributed by atoms with Crippen molar-refractivity contribution < 1.29 is 9.90 Å². The molecule has 4 rings (SSSR count). The molecular formula is C22H31ClN2O2. The molecule has 3 aliphatic rings. The molecule has 0 spiro atoms. The molecule has 1 aromatic rings. The van der Waals surface area contributed by atoms with Crippen LogP contribution in [0.4, 0.5) is 0 Å². The van der Waals surface area contributed by atoms with Gasteiger partial charge in [0.2, 0.25) is 0 Å². The Hall–Kier alpha value is -1.10. The number of carbonyl (C=O) groups is 1. The summed E-state index contributed by atoms with van der Waals surface area (Å²) in [6.45, 7) is 3.57. The zero-order valence-electron chi connectivity index (χ0n) is 16.0. The SMILES string of the molecule is O=C(c1ccc(Cl)cc1)N1C[C@H]2CCCN3CCC[C@@H]([C@H]23)[C@H]1CCCCO. The molecule has 1 N–H and O–H groups in total. The third-order valence-corrected chi connectivity index (χ3v) is 7.18. The number of rotatable bonds is 5. The Bertz CT molecular complexity index is 648. The molecule has 5 heteroatoms. The molecule has 0 radical (unpaired) electrons. The maximum atomic E-state index is 13.4. The highest BCUT2D eigenvalue weighted by atomic mass is 35.5. The average Bonchev–Trinajstić information content (AvgIpc) is 2.70. The van der Waals surface area contributed by atoms with Crippen LogP contribution in [0.25, 0.3) is 0 Å². The number of unbranched alkanes of at least 4 members (excludes halogenated alkanes) is 1. The van der Waals surface area contributed by atoms with Crippen molar-refractivity contribution >= 4 is 17.5 Å². The number of halogens is 1. The number of hydrogen-bond donors (Lipinski definition) is 1. The standard InChI is InChI=1S/C22H31ClN2O2/c23-18-10-8-16(9-11-18)22(27)25-15-17-5-3-12-24-13-4-6-19(21(17)24)20(25)7-1-2-14-26/h8-11,17,19-21,26H,1-7,12-15H2/t17-,19-,20-,21+/m1/s1. The molecule has 27 heavy (non-hydrogen) atoms. The molecule has 3 aliphatic heterocycles. The Morgan fingerprint density at radius 1 is 1.11 bits per heavy atom. The van der Waals surface area contributed by atoms with Gasteiger partial charge in [0.15, 0.2) is 0 Å². The Kier molecular flexibility index (Phi) is 6.05. The van der Waals surface area contributed by atoms with E-state index in [1.807, 2.05) is 24.3 Å². The van der Waals surface area contributed by atoms with Gasteiger partial charge in [-0.15, -0.1) is 0 Å². The van der Waals surface area contributed by atoms with Gasteiger partial charge in [-0.25, -0.2) is 0 Å². The number of piperidine rings is 3. The van der Waals surface area contributed by atoms with E-state index in [2.05, 4.69) is 9.80 Å². The lowest BCUT2D eigenvalue weighted by atomic mass is 9.69. The van der Waals surface area contributed by atoms with E-state index in [1.54, 1.807) is 0 Å². The Balaban J connectivity index is 1.61. The van der Waals surface area contributed by atoms with Crippen molar-refractivity contribution in [1.29, 1.82) is 0 Å². The number of carbonyl (C=O) groups excluding carboxylic acids is 1. The second kappa shape index (κ2) is 8.50. The van der Waals surface area contributed by atoms with Crippen molar-refractivity contribution in [3.63, 3.8) is 0 Å². The summed E-state index contributed by atoms with van der Waals surface area (Å²) in [6, 6.07) is 8.28. The van der Waals surface area contributed by atoms with Gasteiger partial charge < -0.3 is 10.0 Å². The van der Waals surface area contributed by atoms with Crippen LogP contribution in [0.15, 0.2) is 24.3 Å². The second-order valence-electron chi connectivity index (χ2n) is 8.49. The lowest BCUT2D eigenvalue weighted by Crippen LogP contribution is -2.65. The highest BCUT2D eigenvalue weighted by Gasteiger charge is 2.49. The number of amides is 1. The molecule has 3 heterocycles. The van der Waals surface area contributed by atoms with E-state index in [4.69, 9.17) is 11.6 Å². The maximum Gasteiger partial charge on any atom is 0.254 e. The second-order valence-corrected chi connectivity index (χ2v) is 8.92. The molecule has 0 saturated carbocycles. The van der Waals surface area contributed by atoms with Gasteiger partial charge in [0, 0.05) is 35.8 Å². The molecule has 0 aliphatic carbocycles. The van der Waals surface area contributed by atoms with Crippen LogP contribution in [-0.4, -0.2) is 59.1 Å². The quantitative estimate of drug-likeness (QED) is 0.777. The fourth-order valence-corrected chi connectivity index (χ4v) is 5.95. The zero-order valence-corrected chi connectivity index (χ0v) is 16.8. The summed E-state index contributed by atoms with van der Waals surface area (Å²) in [6.07, 6.45) is 7.78. The van der Waals surface area contributed by atoms with E-state index < -0.39 is 0 Å². The van der Waals surface area contributed by atoms with E-state index >= 15 is 0 Å². The normalized spacial score (nSPS) is 30.8. The van der Waals surface area contributed by atoms with Crippen LogP contribution >= 0.6 is 11.6 Å². The van der Waals surface area contributed by atoms with Crippen molar-refractivity contribution in [3.8, 4) is 0 Å². The molecule has 1 aromatic carbocycles. The van der Waals surface area contributed by atoms with Gasteiger partial charge in [-0.1, -0.05) is 11.6 Å². The smallest absolute Gasteiger partial charge is 0.254 e. The van der Waals surface area contributed by atoms with Gasteiger partial charge in [-0.3, -0.25) is 9.69 Å². The molecule has 0 bridgehead atoms. The highest BCUT2D eigenvalue weighted by Crippen LogP contribution is 2.43. The fourth-order valence-electron chi connectivity index (χ4n) is 5.82. The van der Waals surface area contributed by atoms with Gasteiger partial charge in [-0.05, 0) is 94.1 Å². The molecule has 148 valence electrons. The Labute approximate surface area is 167 Å². The van der Waals surface area contributed by atoms with Gasteiger partial charge in [0.05, 0.1) is 0 Å². The van der Waals surface area contributed by atoms with Crippen LogP contribution in [0.5, 0.6) is 0 Å². The van der Waals surface area contributed by atoms with E-state index in [0.29, 0.717) is 28.9 Å². The summed E-state index contributed by atoms with van der Waals surface area (Å²) >= 11 is 6.02. The van der Waals surface area contributed by atoms with Gasteiger partial charge in [-0.2, -0.15) is 0 Å². The van der Waals surface area contributed by atoms with E-state index in [1.165, 1.54) is 38.8 Å². The number of hydrogen-bond acceptors (Lipinski definition) is 3. The number of aliphatic hydroxyl groups is 1. The molecule has 4 atom stereocenters. The summed E-state index contributed by atoms with van der Waals surface area (Å²) in [5.74, 6) is 1.34. The predicted molar refractivity (Wildman–Crippen MR) is 108 cm³/mol. The number of benzene rings is 1. The lowest BCUT2D eigenvalue weighted by molar-refractivity contribution is -0.0673. The van der Waals surface area contributed by atoms with Crippen LogP contribution in [-0.2, 0) is 0 Å².